The molecule has 0 aromatic heterocycles. The summed E-state index contributed by atoms with van der Waals surface area (Å²) in [7, 11) is 0. The third kappa shape index (κ3) is 6.69. The fourth-order valence-electron chi connectivity index (χ4n) is 1.84. The number of hydrogen-bond acceptors (Lipinski definition) is 4. The lowest BCUT2D eigenvalue weighted by Crippen LogP contribution is -2.15. The van der Waals surface area contributed by atoms with Crippen LogP contribution in [0.2, 0.25) is 5.02 Å². The number of rotatable bonds is 4. The number of carbonyl (C=O) groups is 1. The molecule has 0 fully saturated rings. The maximum Gasteiger partial charge on any atom is 0.250 e. The summed E-state index contributed by atoms with van der Waals surface area (Å²) in [5, 5.41) is 19.8. The first-order chi connectivity index (χ1) is 11.5. The molecule has 2 aromatic rings. The van der Waals surface area contributed by atoms with Crippen LogP contribution in [0.3, 0.4) is 0 Å². The number of carbonyl (C=O) groups excluding carboxylic acids is 1. The zero-order valence-electron chi connectivity index (χ0n) is 13.4. The Morgan fingerprint density at radius 2 is 1.96 bits per heavy atom. The van der Waals surface area contributed by atoms with Crippen LogP contribution in [0.5, 0.6) is 0 Å². The highest BCUT2D eigenvalue weighted by atomic mass is 35.5. The molecule has 126 valence electrons. The van der Waals surface area contributed by atoms with Gasteiger partial charge in [0.15, 0.2) is 0 Å². The quantitative estimate of drug-likeness (QED) is 0.740. The van der Waals surface area contributed by atoms with Gasteiger partial charge in [0.2, 0.25) is 5.91 Å². The lowest BCUT2D eigenvalue weighted by atomic mass is 10.1. The van der Waals surface area contributed by atoms with Crippen molar-refractivity contribution in [2.24, 2.45) is 0 Å². The second kappa shape index (κ2) is 10.3. The number of hydrogen-bond donors (Lipinski definition) is 3. The van der Waals surface area contributed by atoms with Crippen LogP contribution in [0.4, 0.5) is 11.4 Å². The number of amides is 1. The van der Waals surface area contributed by atoms with Crippen LogP contribution in [0.1, 0.15) is 24.5 Å². The number of nitrogen functional groups attached to an aromatic ring is 1. The largest absolute Gasteiger partial charge is 0.398 e. The van der Waals surface area contributed by atoms with E-state index in [4.69, 9.17) is 27.7 Å². The highest BCUT2D eigenvalue weighted by molar-refractivity contribution is 6.33. The molecule has 4 N–H and O–H groups in total. The molecule has 2 aromatic carbocycles. The summed E-state index contributed by atoms with van der Waals surface area (Å²) in [6, 6.07) is 14.6. The molecule has 0 unspecified atom stereocenters. The van der Waals surface area contributed by atoms with Gasteiger partial charge in [0.05, 0.1) is 22.3 Å². The summed E-state index contributed by atoms with van der Waals surface area (Å²) < 4.78 is 0. The summed E-state index contributed by atoms with van der Waals surface area (Å²) in [5.74, 6) is -0.485. The fourth-order valence-corrected chi connectivity index (χ4v) is 2.02. The van der Waals surface area contributed by atoms with Gasteiger partial charge in [-0.2, -0.15) is 5.26 Å². The summed E-state index contributed by atoms with van der Waals surface area (Å²) in [6.07, 6.45) is 2.26. The number of aliphatic hydroxyl groups is 1. The molecule has 0 radical (unpaired) electrons. The molecule has 2 rings (SSSR count). The van der Waals surface area contributed by atoms with Gasteiger partial charge in [-0.1, -0.05) is 37.1 Å². The van der Waals surface area contributed by atoms with Crippen molar-refractivity contribution in [3.8, 4) is 6.07 Å². The number of benzene rings is 2. The number of halogens is 1. The van der Waals surface area contributed by atoms with E-state index in [1.54, 1.807) is 12.1 Å². The van der Waals surface area contributed by atoms with Crippen molar-refractivity contribution in [3.63, 3.8) is 0 Å². The highest BCUT2D eigenvalue weighted by Gasteiger charge is 2.01. The summed E-state index contributed by atoms with van der Waals surface area (Å²) in [5.41, 5.74) is 8.47. The minimum Gasteiger partial charge on any atom is -0.398 e. The van der Waals surface area contributed by atoms with Gasteiger partial charge in [-0.3, -0.25) is 4.79 Å². The molecular formula is C18H20ClN3O2. The summed E-state index contributed by atoms with van der Waals surface area (Å²) >= 11 is 5.70. The molecule has 0 atom stereocenters. The second-order valence-corrected chi connectivity index (χ2v) is 5.41. The monoisotopic (exact) mass is 345 g/mol. The predicted octanol–water partition coefficient (Wildman–Crippen LogP) is 3.36. The Bertz CT molecular complexity index is 709. The fraction of sp³-hybridized carbons (Fsp3) is 0.222. The molecule has 0 bridgehead atoms. The Morgan fingerprint density at radius 3 is 2.46 bits per heavy atom. The number of anilines is 2. The summed E-state index contributed by atoms with van der Waals surface area (Å²) in [6.45, 7) is 1.60. The molecule has 0 aliphatic heterocycles. The van der Waals surface area contributed by atoms with Crippen LogP contribution in [-0.4, -0.2) is 17.6 Å². The van der Waals surface area contributed by atoms with Gasteiger partial charge in [-0.15, -0.1) is 0 Å². The van der Waals surface area contributed by atoms with E-state index in [9.17, 15) is 4.79 Å². The SMILES string of the molecule is CCCc1ccc(C#N)cc1.Nc1ccc(NC(=O)CO)cc1Cl. The van der Waals surface area contributed by atoms with Crippen molar-refractivity contribution in [1.82, 2.24) is 0 Å². The minimum atomic E-state index is -0.554. The molecule has 0 saturated heterocycles. The maximum atomic E-state index is 10.7. The third-order valence-electron chi connectivity index (χ3n) is 3.05. The first-order valence-corrected chi connectivity index (χ1v) is 7.82. The number of aliphatic hydroxyl groups excluding tert-OH is 1. The van der Waals surface area contributed by atoms with Crippen LogP contribution < -0.4 is 11.1 Å². The smallest absolute Gasteiger partial charge is 0.250 e. The predicted molar refractivity (Wildman–Crippen MR) is 96.7 cm³/mol. The molecule has 0 spiro atoms. The van der Waals surface area contributed by atoms with E-state index >= 15 is 0 Å². The minimum absolute atomic E-state index is 0.371. The van der Waals surface area contributed by atoms with E-state index in [-0.39, 0.29) is 0 Å². The number of nitrogens with one attached hydrogen (secondary N) is 1. The van der Waals surface area contributed by atoms with Crippen LogP contribution in [0.15, 0.2) is 42.5 Å². The average Bonchev–Trinajstić information content (AvgIpc) is 2.59. The van der Waals surface area contributed by atoms with Crippen molar-refractivity contribution in [2.75, 3.05) is 17.7 Å². The topological polar surface area (TPSA) is 99.1 Å². The maximum absolute atomic E-state index is 10.7. The zero-order chi connectivity index (χ0) is 17.9. The van der Waals surface area contributed by atoms with E-state index in [0.29, 0.717) is 16.4 Å². The number of nitriles is 1. The number of nitrogens with zero attached hydrogens (tertiary/aromatic N) is 1. The van der Waals surface area contributed by atoms with Crippen LogP contribution in [0.25, 0.3) is 0 Å². The van der Waals surface area contributed by atoms with Gasteiger partial charge in [0.25, 0.3) is 0 Å². The lowest BCUT2D eigenvalue weighted by Gasteiger charge is -2.04. The third-order valence-corrected chi connectivity index (χ3v) is 3.38. The molecule has 6 heteroatoms. The zero-order valence-corrected chi connectivity index (χ0v) is 14.2. The standard InChI is InChI=1S/C10H11N.C8H9ClN2O2/c1-2-3-9-4-6-10(8-11)7-5-9;9-6-3-5(1-2-7(6)10)11-8(13)4-12/h4-7H,2-3H2,1H3;1-3,12H,4,10H2,(H,11,13). The molecule has 0 saturated carbocycles. The van der Waals surface area contributed by atoms with Crippen LogP contribution in [-0.2, 0) is 11.2 Å². The Labute approximate surface area is 146 Å². The van der Waals surface area contributed by atoms with Gasteiger partial charge < -0.3 is 16.2 Å². The van der Waals surface area contributed by atoms with E-state index < -0.39 is 12.5 Å². The molecule has 24 heavy (non-hydrogen) atoms. The van der Waals surface area contributed by atoms with Gasteiger partial charge in [0, 0.05) is 5.69 Å². The van der Waals surface area contributed by atoms with Crippen molar-refractivity contribution < 1.29 is 9.90 Å². The van der Waals surface area contributed by atoms with Crippen molar-refractivity contribution in [1.29, 1.82) is 5.26 Å². The summed E-state index contributed by atoms with van der Waals surface area (Å²) in [4.78, 5) is 10.7. The first kappa shape index (κ1) is 19.5. The lowest BCUT2D eigenvalue weighted by molar-refractivity contribution is -0.118. The van der Waals surface area contributed by atoms with E-state index in [0.717, 1.165) is 18.4 Å². The van der Waals surface area contributed by atoms with Gasteiger partial charge >= 0.3 is 0 Å². The molecule has 1 amide bonds. The van der Waals surface area contributed by atoms with Gasteiger partial charge in [-0.25, -0.2) is 0 Å². The van der Waals surface area contributed by atoms with Gasteiger partial charge in [0.1, 0.15) is 6.61 Å². The highest BCUT2D eigenvalue weighted by Crippen LogP contribution is 2.22. The van der Waals surface area contributed by atoms with Crippen molar-refractivity contribution in [2.45, 2.75) is 19.8 Å². The van der Waals surface area contributed by atoms with Crippen LogP contribution >= 0.6 is 11.6 Å². The second-order valence-electron chi connectivity index (χ2n) is 5.00. The van der Waals surface area contributed by atoms with Crippen molar-refractivity contribution in [3.05, 3.63) is 58.6 Å². The molecule has 0 heterocycles. The van der Waals surface area contributed by atoms with E-state index in [1.165, 1.54) is 11.6 Å². The number of aryl methyl sites for hydroxylation is 1. The first-order valence-electron chi connectivity index (χ1n) is 7.45. The average molecular weight is 346 g/mol. The van der Waals surface area contributed by atoms with E-state index in [2.05, 4.69) is 18.3 Å². The number of nitrogens with two attached hydrogens (primary N) is 1. The molecular weight excluding hydrogens is 326 g/mol. The molecule has 0 aliphatic rings. The Kier molecular flexibility index (Phi) is 8.34. The normalized spacial score (nSPS) is 9.42. The van der Waals surface area contributed by atoms with Crippen LogP contribution in [0, 0.1) is 11.3 Å². The van der Waals surface area contributed by atoms with E-state index in [1.807, 2.05) is 24.3 Å². The molecule has 5 nitrogen and oxygen atoms in total. The Morgan fingerprint density at radius 1 is 1.29 bits per heavy atom. The Balaban J connectivity index is 0.000000243. The molecule has 0 aliphatic carbocycles. The van der Waals surface area contributed by atoms with Crippen molar-refractivity contribution >= 4 is 28.9 Å². The Hall–Kier alpha value is -2.55. The van der Waals surface area contributed by atoms with Gasteiger partial charge in [-0.05, 0) is 42.3 Å².